The fourth-order valence-electron chi connectivity index (χ4n) is 1.84. The summed E-state index contributed by atoms with van der Waals surface area (Å²) in [7, 11) is -3.12. The molecule has 4 heteroatoms. The smallest absolute Gasteiger partial charge is 0.178 e. The monoisotopic (exact) mass is 294 g/mol. The molecule has 0 N–H and O–H groups in total. The van der Waals surface area contributed by atoms with E-state index in [0.29, 0.717) is 11.3 Å². The van der Waals surface area contributed by atoms with E-state index in [-0.39, 0.29) is 5.75 Å². The minimum atomic E-state index is -3.12. The molecule has 0 aliphatic carbocycles. The molecule has 0 aromatic heterocycles. The van der Waals surface area contributed by atoms with Crippen LogP contribution < -0.4 is 0 Å². The van der Waals surface area contributed by atoms with Gasteiger partial charge in [0.05, 0.1) is 10.6 Å². The third-order valence-corrected chi connectivity index (χ3v) is 5.13. The number of benzene rings is 2. The van der Waals surface area contributed by atoms with Crippen molar-refractivity contribution in [3.05, 3.63) is 64.7 Å². The van der Waals surface area contributed by atoms with Crippen LogP contribution in [0.25, 0.3) is 0 Å². The van der Waals surface area contributed by atoms with Gasteiger partial charge in [-0.3, -0.25) is 0 Å². The van der Waals surface area contributed by atoms with Crippen LogP contribution in [0.15, 0.2) is 53.4 Å². The third-order valence-electron chi connectivity index (χ3n) is 3.01. The highest BCUT2D eigenvalue weighted by Gasteiger charge is 2.10. The highest BCUT2D eigenvalue weighted by Crippen LogP contribution is 2.20. The zero-order valence-electron chi connectivity index (χ0n) is 10.6. The average Bonchev–Trinajstić information content (AvgIpc) is 2.42. The van der Waals surface area contributed by atoms with Gasteiger partial charge >= 0.3 is 0 Å². The van der Waals surface area contributed by atoms with Gasteiger partial charge in [-0.15, -0.1) is 0 Å². The largest absolute Gasteiger partial charge is 0.224 e. The normalized spacial score (nSPS) is 11.5. The van der Waals surface area contributed by atoms with Crippen LogP contribution in [-0.2, 0) is 16.3 Å². The molecule has 0 spiro atoms. The van der Waals surface area contributed by atoms with Crippen molar-refractivity contribution >= 4 is 21.4 Å². The molecule has 0 aliphatic rings. The second-order valence-electron chi connectivity index (χ2n) is 4.32. The molecular formula is C15H15ClO2S. The molecule has 0 fully saturated rings. The molecule has 2 nitrogen and oxygen atoms in total. The van der Waals surface area contributed by atoms with Crippen LogP contribution in [0, 0.1) is 0 Å². The molecule has 0 saturated carbocycles. The summed E-state index contributed by atoms with van der Waals surface area (Å²) < 4.78 is 23.4. The maximum Gasteiger partial charge on any atom is 0.178 e. The first-order valence-corrected chi connectivity index (χ1v) is 8.11. The van der Waals surface area contributed by atoms with Gasteiger partial charge in [0.1, 0.15) is 0 Å². The van der Waals surface area contributed by atoms with Crippen LogP contribution in [0.5, 0.6) is 0 Å². The quantitative estimate of drug-likeness (QED) is 0.861. The van der Waals surface area contributed by atoms with Gasteiger partial charge in [-0.25, -0.2) is 8.42 Å². The van der Waals surface area contributed by atoms with E-state index in [9.17, 15) is 8.42 Å². The summed E-state index contributed by atoms with van der Waals surface area (Å²) >= 11 is 6.10. The lowest BCUT2D eigenvalue weighted by Crippen LogP contribution is -2.03. The second kappa shape index (κ2) is 5.76. The number of hydrogen-bond donors (Lipinski definition) is 0. The predicted molar refractivity (Wildman–Crippen MR) is 78.4 cm³/mol. The Morgan fingerprint density at radius 2 is 1.63 bits per heavy atom. The molecule has 0 radical (unpaired) electrons. The van der Waals surface area contributed by atoms with Crippen LogP contribution in [0.4, 0.5) is 0 Å². The Labute approximate surface area is 119 Å². The molecule has 0 amide bonds. The van der Waals surface area contributed by atoms with E-state index < -0.39 is 9.84 Å². The van der Waals surface area contributed by atoms with Crippen molar-refractivity contribution in [1.29, 1.82) is 0 Å². The number of rotatable bonds is 4. The van der Waals surface area contributed by atoms with Crippen molar-refractivity contribution < 1.29 is 8.42 Å². The zero-order valence-corrected chi connectivity index (χ0v) is 12.2. The minimum absolute atomic E-state index is 0.122. The van der Waals surface area contributed by atoms with Gasteiger partial charge in [-0.2, -0.15) is 0 Å². The van der Waals surface area contributed by atoms with Crippen molar-refractivity contribution in [2.24, 2.45) is 0 Å². The van der Waals surface area contributed by atoms with Crippen molar-refractivity contribution in [2.45, 2.75) is 18.2 Å². The molecule has 2 aromatic carbocycles. The van der Waals surface area contributed by atoms with Gasteiger partial charge in [0.2, 0.25) is 0 Å². The Kier molecular flexibility index (Phi) is 4.27. The third kappa shape index (κ3) is 3.37. The lowest BCUT2D eigenvalue weighted by atomic mass is 10.1. The van der Waals surface area contributed by atoms with E-state index in [1.54, 1.807) is 19.1 Å². The van der Waals surface area contributed by atoms with Gasteiger partial charge in [0, 0.05) is 5.02 Å². The lowest BCUT2D eigenvalue weighted by molar-refractivity contribution is 0.597. The summed E-state index contributed by atoms with van der Waals surface area (Å²) in [5.41, 5.74) is 2.08. The highest BCUT2D eigenvalue weighted by atomic mass is 35.5. The first-order valence-electron chi connectivity index (χ1n) is 6.08. The summed E-state index contributed by atoms with van der Waals surface area (Å²) in [6.45, 7) is 1.65. The predicted octanol–water partition coefficient (Wildman–Crippen LogP) is 3.72. The Balaban J connectivity index is 2.23. The van der Waals surface area contributed by atoms with E-state index in [0.717, 1.165) is 16.1 Å². The van der Waals surface area contributed by atoms with Crippen molar-refractivity contribution in [2.75, 3.05) is 5.75 Å². The van der Waals surface area contributed by atoms with Crippen molar-refractivity contribution in [3.8, 4) is 0 Å². The Morgan fingerprint density at radius 1 is 1.00 bits per heavy atom. The van der Waals surface area contributed by atoms with Crippen LogP contribution in [0.3, 0.4) is 0 Å². The molecule has 0 aliphatic heterocycles. The fraction of sp³-hybridized carbons (Fsp3) is 0.200. The molecule has 0 unspecified atom stereocenters. The first kappa shape index (κ1) is 14.1. The minimum Gasteiger partial charge on any atom is -0.224 e. The SMILES string of the molecule is CCS(=O)(=O)c1ccc(Cc2ccccc2Cl)cc1. The maximum absolute atomic E-state index is 11.7. The van der Waals surface area contributed by atoms with E-state index in [4.69, 9.17) is 11.6 Å². The van der Waals surface area contributed by atoms with Crippen LogP contribution in [0.1, 0.15) is 18.1 Å². The van der Waals surface area contributed by atoms with E-state index >= 15 is 0 Å². The van der Waals surface area contributed by atoms with Crippen LogP contribution in [0.2, 0.25) is 5.02 Å². The average molecular weight is 295 g/mol. The van der Waals surface area contributed by atoms with E-state index in [1.165, 1.54) is 0 Å². The standard InChI is InChI=1S/C15H15ClO2S/c1-2-19(17,18)14-9-7-12(8-10-14)11-13-5-3-4-6-15(13)16/h3-10H,2,11H2,1H3. The van der Waals surface area contributed by atoms with Gasteiger partial charge in [0.15, 0.2) is 9.84 Å². The Bertz CT molecular complexity index is 661. The van der Waals surface area contributed by atoms with E-state index in [2.05, 4.69) is 0 Å². The Hall–Kier alpha value is -1.32. The second-order valence-corrected chi connectivity index (χ2v) is 7.00. The summed E-state index contributed by atoms with van der Waals surface area (Å²) in [6, 6.07) is 14.7. The molecule has 19 heavy (non-hydrogen) atoms. The molecule has 2 aromatic rings. The van der Waals surface area contributed by atoms with Gasteiger partial charge in [0.25, 0.3) is 0 Å². The molecule has 100 valence electrons. The van der Waals surface area contributed by atoms with Crippen LogP contribution >= 0.6 is 11.6 Å². The van der Waals surface area contributed by atoms with Crippen molar-refractivity contribution in [3.63, 3.8) is 0 Å². The molecular weight excluding hydrogens is 280 g/mol. The van der Waals surface area contributed by atoms with Gasteiger partial charge < -0.3 is 0 Å². The molecule has 0 heterocycles. The zero-order chi connectivity index (χ0) is 13.9. The topological polar surface area (TPSA) is 34.1 Å². The highest BCUT2D eigenvalue weighted by molar-refractivity contribution is 7.91. The summed E-state index contributed by atoms with van der Waals surface area (Å²) in [5, 5.41) is 0.729. The maximum atomic E-state index is 11.7. The van der Waals surface area contributed by atoms with Crippen LogP contribution in [-0.4, -0.2) is 14.2 Å². The lowest BCUT2D eigenvalue weighted by Gasteiger charge is -2.06. The molecule has 0 bridgehead atoms. The van der Waals surface area contributed by atoms with Gasteiger partial charge in [-0.1, -0.05) is 48.9 Å². The molecule has 0 atom stereocenters. The first-order chi connectivity index (χ1) is 9.03. The number of sulfone groups is 1. The fourth-order valence-corrected chi connectivity index (χ4v) is 2.93. The van der Waals surface area contributed by atoms with E-state index in [1.807, 2.05) is 36.4 Å². The Morgan fingerprint density at radius 3 is 2.21 bits per heavy atom. The molecule has 0 saturated heterocycles. The van der Waals surface area contributed by atoms with Gasteiger partial charge in [-0.05, 0) is 35.7 Å². The summed E-state index contributed by atoms with van der Waals surface area (Å²) in [4.78, 5) is 0.373. The van der Waals surface area contributed by atoms with Crippen molar-refractivity contribution in [1.82, 2.24) is 0 Å². The summed E-state index contributed by atoms with van der Waals surface area (Å²) in [5.74, 6) is 0.122. The summed E-state index contributed by atoms with van der Waals surface area (Å²) in [6.07, 6.45) is 0.701. The number of hydrogen-bond acceptors (Lipinski definition) is 2. The number of halogens is 1. The molecule has 2 rings (SSSR count).